The molecule has 0 spiro atoms. The van der Waals surface area contributed by atoms with E-state index in [9.17, 15) is 8.42 Å². The molecule has 0 aliphatic rings. The van der Waals surface area contributed by atoms with Crippen LogP contribution >= 0.6 is 0 Å². The maximum atomic E-state index is 9.84. The summed E-state index contributed by atoms with van der Waals surface area (Å²) in [6.07, 6.45) is 0.290. The summed E-state index contributed by atoms with van der Waals surface area (Å²) in [5.74, 6) is 0. The lowest BCUT2D eigenvalue weighted by molar-refractivity contribution is 0.186. The fraction of sp³-hybridized carbons (Fsp3) is 1.00. The average molecular weight is 266 g/mol. The third-order valence-corrected chi connectivity index (χ3v) is 1.49. The summed E-state index contributed by atoms with van der Waals surface area (Å²) in [5, 5.41) is 15.2. The molecule has 0 aromatic carbocycles. The Bertz CT molecular complexity index is 156. The summed E-state index contributed by atoms with van der Waals surface area (Å²) in [6, 6.07) is 0. The van der Waals surface area contributed by atoms with Crippen molar-refractivity contribution in [1.82, 2.24) is 0 Å². The first-order valence-corrected chi connectivity index (χ1v) is 5.81. The van der Waals surface area contributed by atoms with Gasteiger partial charge >= 0.3 is 22.7 Å². The minimum atomic E-state index is -2.27. The van der Waals surface area contributed by atoms with Gasteiger partial charge in [-0.25, -0.2) is 0 Å². The van der Waals surface area contributed by atoms with Gasteiger partial charge in [0.2, 0.25) is 0 Å². The number of aliphatic hydroxyl groups excluding tert-OH is 2. The lowest BCUT2D eigenvalue weighted by Gasteiger charge is -1.97. The molecule has 0 aliphatic carbocycles. The molecule has 0 rings (SSSR count). The third-order valence-electron chi connectivity index (χ3n) is 0.757. The van der Waals surface area contributed by atoms with Gasteiger partial charge in [-0.2, -0.15) is 8.42 Å². The molecule has 8 nitrogen and oxygen atoms in total. The van der Waals surface area contributed by atoms with Crippen LogP contribution in [0.5, 0.6) is 0 Å². The molecule has 15 heavy (non-hydrogen) atoms. The highest BCUT2D eigenvalue weighted by Crippen LogP contribution is 1.88. The van der Waals surface area contributed by atoms with Gasteiger partial charge in [-0.05, 0) is 6.42 Å². The third kappa shape index (κ3) is 24.9. The van der Waals surface area contributed by atoms with Crippen molar-refractivity contribution < 1.29 is 36.1 Å². The molecule has 0 amide bonds. The van der Waals surface area contributed by atoms with Crippen molar-refractivity contribution in [3.05, 3.63) is 0 Å². The smallest absolute Gasteiger partial charge is 0.301 e. The van der Waals surface area contributed by atoms with Crippen molar-refractivity contribution in [2.75, 3.05) is 26.4 Å². The van der Waals surface area contributed by atoms with Crippen molar-refractivity contribution in [2.24, 2.45) is 0 Å². The van der Waals surface area contributed by atoms with E-state index in [0.29, 0.717) is 6.42 Å². The number of hydrogen-bond acceptors (Lipinski definition) is 6. The molecule has 0 fully saturated rings. The second-order valence-corrected chi connectivity index (χ2v) is 3.22. The summed E-state index contributed by atoms with van der Waals surface area (Å²) in [6.45, 7) is -0.222. The molecule has 0 saturated heterocycles. The van der Waals surface area contributed by atoms with Gasteiger partial charge in [0.1, 0.15) is 0 Å². The van der Waals surface area contributed by atoms with Crippen molar-refractivity contribution in [1.29, 1.82) is 0 Å². The fourth-order valence-electron chi connectivity index (χ4n) is 0.319. The molecule has 10 heteroatoms. The molecule has 94 valence electrons. The van der Waals surface area contributed by atoms with Gasteiger partial charge in [0, 0.05) is 0 Å². The van der Waals surface area contributed by atoms with Crippen LogP contribution in [0.2, 0.25) is 0 Å². The van der Waals surface area contributed by atoms with Crippen LogP contribution in [0.1, 0.15) is 6.42 Å². The molecule has 2 unspecified atom stereocenters. The van der Waals surface area contributed by atoms with Crippen LogP contribution in [0.25, 0.3) is 0 Å². The number of rotatable bonds is 7. The number of aliphatic hydroxyl groups is 2. The second-order valence-electron chi connectivity index (χ2n) is 1.88. The standard InChI is InChI=1S/C3H8O6S2.C2H6O2/c4-10(5)8-2-1-3-9-11(6)7;3-1-2-4/h1-3H2,(H,4,5)(H,6,7);3-4H,1-2H2. The van der Waals surface area contributed by atoms with Gasteiger partial charge in [-0.3, -0.25) is 17.5 Å². The van der Waals surface area contributed by atoms with Crippen molar-refractivity contribution in [3.63, 3.8) is 0 Å². The van der Waals surface area contributed by atoms with E-state index in [2.05, 4.69) is 8.37 Å². The van der Waals surface area contributed by atoms with Gasteiger partial charge in [0.25, 0.3) is 0 Å². The van der Waals surface area contributed by atoms with Gasteiger partial charge in [-0.15, -0.1) is 0 Å². The Morgan fingerprint density at radius 3 is 1.40 bits per heavy atom. The topological polar surface area (TPSA) is 134 Å². The van der Waals surface area contributed by atoms with Crippen molar-refractivity contribution >= 4 is 22.7 Å². The Morgan fingerprint density at radius 2 is 1.20 bits per heavy atom. The van der Waals surface area contributed by atoms with Crippen LogP contribution in [0.3, 0.4) is 0 Å². The summed E-state index contributed by atoms with van der Waals surface area (Å²) < 4.78 is 44.2. The highest BCUT2D eigenvalue weighted by Gasteiger charge is 1.95. The quantitative estimate of drug-likeness (QED) is 0.328. The molecule has 0 aromatic rings. The summed E-state index contributed by atoms with van der Waals surface area (Å²) in [4.78, 5) is 0. The molecule has 0 saturated carbocycles. The first-order valence-electron chi connectivity index (χ1n) is 3.74. The predicted octanol–water partition coefficient (Wildman–Crippen LogP) is -1.35. The lowest BCUT2D eigenvalue weighted by Crippen LogP contribution is -2.03. The monoisotopic (exact) mass is 266 g/mol. The molecule has 0 radical (unpaired) electrons. The van der Waals surface area contributed by atoms with E-state index < -0.39 is 22.7 Å². The average Bonchev–Trinajstić information content (AvgIpc) is 2.17. The van der Waals surface area contributed by atoms with Crippen molar-refractivity contribution in [2.45, 2.75) is 6.42 Å². The van der Waals surface area contributed by atoms with Gasteiger partial charge in [0.15, 0.2) is 0 Å². The molecule has 0 aliphatic heterocycles. The Morgan fingerprint density at radius 1 is 0.867 bits per heavy atom. The minimum absolute atomic E-state index is 0.0142. The predicted molar refractivity (Wildman–Crippen MR) is 52.2 cm³/mol. The molecule has 2 atom stereocenters. The van der Waals surface area contributed by atoms with E-state index in [4.69, 9.17) is 19.3 Å². The largest absolute Gasteiger partial charge is 0.394 e. The van der Waals surface area contributed by atoms with Crippen LogP contribution in [-0.2, 0) is 31.1 Å². The molecule has 0 aromatic heterocycles. The highest BCUT2D eigenvalue weighted by molar-refractivity contribution is 7.74. The SMILES string of the molecule is O=S(O)OCCCOS(=O)O.OCCO. The van der Waals surface area contributed by atoms with E-state index >= 15 is 0 Å². The fourth-order valence-corrected chi connectivity index (χ4v) is 0.840. The second kappa shape index (κ2) is 14.1. The Kier molecular flexibility index (Phi) is 16.4. The van der Waals surface area contributed by atoms with Gasteiger partial charge in [0.05, 0.1) is 26.4 Å². The Labute approximate surface area is 92.2 Å². The zero-order valence-corrected chi connectivity index (χ0v) is 9.41. The van der Waals surface area contributed by atoms with E-state index in [1.165, 1.54) is 0 Å². The Hall–Kier alpha value is 0.0600. The van der Waals surface area contributed by atoms with Crippen LogP contribution in [0.4, 0.5) is 0 Å². The van der Waals surface area contributed by atoms with Gasteiger partial charge in [-0.1, -0.05) is 0 Å². The van der Waals surface area contributed by atoms with E-state index in [1.54, 1.807) is 0 Å². The molecular weight excluding hydrogens is 252 g/mol. The van der Waals surface area contributed by atoms with Gasteiger partial charge < -0.3 is 10.2 Å². The Balaban J connectivity index is 0. The maximum Gasteiger partial charge on any atom is 0.301 e. The molecular formula is C5H14O8S2. The van der Waals surface area contributed by atoms with Crippen molar-refractivity contribution in [3.8, 4) is 0 Å². The zero-order chi connectivity index (χ0) is 12.1. The van der Waals surface area contributed by atoms with Crippen LogP contribution < -0.4 is 0 Å². The summed E-state index contributed by atoms with van der Waals surface area (Å²) in [5.41, 5.74) is 0. The molecule has 0 heterocycles. The lowest BCUT2D eigenvalue weighted by atomic mass is 10.5. The molecule has 4 N–H and O–H groups in total. The maximum absolute atomic E-state index is 9.84. The van der Waals surface area contributed by atoms with Crippen LogP contribution in [-0.4, -0.2) is 54.2 Å². The van der Waals surface area contributed by atoms with E-state index in [0.717, 1.165) is 0 Å². The van der Waals surface area contributed by atoms with E-state index in [1.807, 2.05) is 0 Å². The first-order chi connectivity index (χ1) is 7.04. The van der Waals surface area contributed by atoms with Crippen LogP contribution in [0, 0.1) is 0 Å². The summed E-state index contributed by atoms with van der Waals surface area (Å²) >= 11 is -4.55. The first kappa shape index (κ1) is 17.5. The summed E-state index contributed by atoms with van der Waals surface area (Å²) in [7, 11) is 0. The zero-order valence-electron chi connectivity index (χ0n) is 7.77. The van der Waals surface area contributed by atoms with E-state index in [-0.39, 0.29) is 26.4 Å². The highest BCUT2D eigenvalue weighted by atomic mass is 32.2. The number of hydrogen-bond donors (Lipinski definition) is 4. The minimum Gasteiger partial charge on any atom is -0.394 e. The van der Waals surface area contributed by atoms with Crippen LogP contribution in [0.15, 0.2) is 0 Å². The molecule has 0 bridgehead atoms. The normalized spacial score (nSPS) is 13.9.